The maximum Gasteiger partial charge on any atom is 0.263 e. The fourth-order valence-corrected chi connectivity index (χ4v) is 4.62. The van der Waals surface area contributed by atoms with Crippen molar-refractivity contribution in [3.8, 4) is 11.5 Å². The van der Waals surface area contributed by atoms with Crippen LogP contribution in [0.5, 0.6) is 11.5 Å². The standard InChI is InChI=1S/C22H21ClN4O3S/c1-29-17-8-3-6-15(20(17)30-2)21(28)27(12-5-11-26-13-10-24-14-26)22-25-19-16(23)7-4-9-18(19)31-22/h3-4,6-10,13-14H,5,11-12H2,1-2H3. The van der Waals surface area contributed by atoms with Gasteiger partial charge in [-0.15, -0.1) is 0 Å². The minimum Gasteiger partial charge on any atom is -0.493 e. The molecule has 0 unspecified atom stereocenters. The molecule has 2 aromatic carbocycles. The van der Waals surface area contributed by atoms with Crippen LogP contribution < -0.4 is 14.4 Å². The number of carbonyl (C=O) groups is 1. The van der Waals surface area contributed by atoms with E-state index in [1.165, 1.54) is 18.4 Å². The summed E-state index contributed by atoms with van der Waals surface area (Å²) >= 11 is 7.76. The lowest BCUT2D eigenvalue weighted by molar-refractivity contribution is 0.0982. The minimum atomic E-state index is -0.212. The van der Waals surface area contributed by atoms with Crippen molar-refractivity contribution in [2.75, 3.05) is 25.7 Å². The molecule has 0 spiro atoms. The molecule has 0 aliphatic carbocycles. The van der Waals surface area contributed by atoms with Gasteiger partial charge in [-0.05, 0) is 30.7 Å². The van der Waals surface area contributed by atoms with E-state index in [0.717, 1.165) is 17.7 Å². The molecule has 0 radical (unpaired) electrons. The second kappa shape index (κ2) is 9.36. The maximum atomic E-state index is 13.7. The first-order valence-corrected chi connectivity index (χ1v) is 10.9. The predicted molar refractivity (Wildman–Crippen MR) is 123 cm³/mol. The molecule has 160 valence electrons. The predicted octanol–water partition coefficient (Wildman–Crippen LogP) is 4.90. The topological polar surface area (TPSA) is 69.5 Å². The van der Waals surface area contributed by atoms with Crippen LogP contribution in [0.4, 0.5) is 5.13 Å². The van der Waals surface area contributed by atoms with Crippen molar-refractivity contribution in [3.63, 3.8) is 0 Å². The van der Waals surface area contributed by atoms with Crippen molar-refractivity contribution in [1.82, 2.24) is 14.5 Å². The summed E-state index contributed by atoms with van der Waals surface area (Å²) in [7, 11) is 3.07. The number of thiazole rings is 1. The van der Waals surface area contributed by atoms with Gasteiger partial charge in [-0.3, -0.25) is 9.69 Å². The summed E-state index contributed by atoms with van der Waals surface area (Å²) in [5.74, 6) is 0.685. The number of hydrogen-bond donors (Lipinski definition) is 0. The number of ether oxygens (including phenoxy) is 2. The molecule has 4 rings (SSSR count). The van der Waals surface area contributed by atoms with E-state index < -0.39 is 0 Å². The molecule has 7 nitrogen and oxygen atoms in total. The number of benzene rings is 2. The van der Waals surface area contributed by atoms with E-state index in [4.69, 9.17) is 21.1 Å². The number of rotatable bonds is 8. The number of methoxy groups -OCH3 is 2. The van der Waals surface area contributed by atoms with Gasteiger partial charge in [-0.2, -0.15) is 0 Å². The molecule has 9 heteroatoms. The molecule has 2 heterocycles. The Morgan fingerprint density at radius 1 is 1.19 bits per heavy atom. The highest BCUT2D eigenvalue weighted by Gasteiger charge is 2.25. The van der Waals surface area contributed by atoms with Gasteiger partial charge in [-0.1, -0.05) is 35.1 Å². The molecule has 1 amide bonds. The van der Waals surface area contributed by atoms with E-state index in [0.29, 0.717) is 39.3 Å². The normalized spacial score (nSPS) is 10.9. The molecule has 0 bridgehead atoms. The Kier molecular flexibility index (Phi) is 6.39. The van der Waals surface area contributed by atoms with Crippen LogP contribution in [0, 0.1) is 0 Å². The summed E-state index contributed by atoms with van der Waals surface area (Å²) in [6.45, 7) is 1.19. The fraction of sp³-hybridized carbons (Fsp3) is 0.227. The van der Waals surface area contributed by atoms with Crippen molar-refractivity contribution in [2.45, 2.75) is 13.0 Å². The first-order valence-electron chi connectivity index (χ1n) is 9.66. The summed E-state index contributed by atoms with van der Waals surface area (Å²) in [6, 6.07) is 10.9. The summed E-state index contributed by atoms with van der Waals surface area (Å²) in [5, 5.41) is 1.15. The molecule has 0 atom stereocenters. The molecule has 0 fully saturated rings. The number of anilines is 1. The molecule has 4 aromatic rings. The molecule has 0 N–H and O–H groups in total. The summed E-state index contributed by atoms with van der Waals surface area (Å²) in [6.07, 6.45) is 6.11. The molecule has 0 aliphatic rings. The van der Waals surface area contributed by atoms with Gasteiger partial charge in [0.15, 0.2) is 16.6 Å². The van der Waals surface area contributed by atoms with Gasteiger partial charge in [0, 0.05) is 25.5 Å². The van der Waals surface area contributed by atoms with E-state index in [-0.39, 0.29) is 5.91 Å². The Labute approximate surface area is 188 Å². The molecule has 0 saturated heterocycles. The number of carbonyl (C=O) groups excluding carboxylic acids is 1. The number of aromatic nitrogens is 3. The van der Waals surface area contributed by atoms with Gasteiger partial charge in [0.05, 0.1) is 35.8 Å². The highest BCUT2D eigenvalue weighted by molar-refractivity contribution is 7.22. The zero-order valence-electron chi connectivity index (χ0n) is 17.1. The van der Waals surface area contributed by atoms with Crippen LogP contribution in [0.3, 0.4) is 0 Å². The summed E-state index contributed by atoms with van der Waals surface area (Å²) in [4.78, 5) is 24.1. The molecule has 0 saturated carbocycles. The molecule has 31 heavy (non-hydrogen) atoms. The number of halogens is 1. The zero-order valence-corrected chi connectivity index (χ0v) is 18.7. The third kappa shape index (κ3) is 4.35. The number of fused-ring (bicyclic) bond motifs is 1. The first-order chi connectivity index (χ1) is 15.1. The second-order valence-corrected chi connectivity index (χ2v) is 8.15. The number of para-hydroxylation sites is 2. The summed E-state index contributed by atoms with van der Waals surface area (Å²) < 4.78 is 13.8. The monoisotopic (exact) mass is 456 g/mol. The van der Waals surface area contributed by atoms with E-state index in [1.807, 2.05) is 22.9 Å². The maximum absolute atomic E-state index is 13.7. The van der Waals surface area contributed by atoms with Gasteiger partial charge in [-0.25, -0.2) is 9.97 Å². The third-order valence-corrected chi connectivity index (χ3v) is 6.17. The van der Waals surface area contributed by atoms with Crippen molar-refractivity contribution >= 4 is 44.2 Å². The molecule has 0 aliphatic heterocycles. The highest BCUT2D eigenvalue weighted by Crippen LogP contribution is 2.36. The number of hydrogen-bond acceptors (Lipinski definition) is 6. The Hall–Kier alpha value is -3.10. The SMILES string of the molecule is COc1cccc(C(=O)N(CCCn2ccnc2)c2nc3c(Cl)cccc3s2)c1OC. The zero-order chi connectivity index (χ0) is 21.8. The quantitative estimate of drug-likeness (QED) is 0.377. The van der Waals surface area contributed by atoms with Crippen LogP contribution in [0.15, 0.2) is 55.1 Å². The molecular formula is C22H21ClN4O3S. The minimum absolute atomic E-state index is 0.212. The van der Waals surface area contributed by atoms with Crippen molar-refractivity contribution in [1.29, 1.82) is 0 Å². The summed E-state index contributed by atoms with van der Waals surface area (Å²) in [5.41, 5.74) is 1.10. The Bertz CT molecular complexity index is 1190. The van der Waals surface area contributed by atoms with Gasteiger partial charge in [0.2, 0.25) is 0 Å². The lowest BCUT2D eigenvalue weighted by Gasteiger charge is -2.22. The Morgan fingerprint density at radius 2 is 2.03 bits per heavy atom. The molecular weight excluding hydrogens is 436 g/mol. The van der Waals surface area contributed by atoms with Crippen LogP contribution in [0.1, 0.15) is 16.8 Å². The van der Waals surface area contributed by atoms with Crippen molar-refractivity contribution in [2.24, 2.45) is 0 Å². The average Bonchev–Trinajstić information content (AvgIpc) is 3.46. The Morgan fingerprint density at radius 3 is 2.74 bits per heavy atom. The second-order valence-electron chi connectivity index (χ2n) is 6.73. The molecule has 2 aromatic heterocycles. The van der Waals surface area contributed by atoms with Crippen LogP contribution in [0.25, 0.3) is 10.2 Å². The van der Waals surface area contributed by atoms with Gasteiger partial charge >= 0.3 is 0 Å². The van der Waals surface area contributed by atoms with Crippen molar-refractivity contribution in [3.05, 3.63) is 65.7 Å². The Balaban J connectivity index is 1.70. The van der Waals surface area contributed by atoms with Crippen molar-refractivity contribution < 1.29 is 14.3 Å². The van der Waals surface area contributed by atoms with Crippen LogP contribution in [-0.4, -0.2) is 41.2 Å². The third-order valence-electron chi connectivity index (χ3n) is 4.83. The van der Waals surface area contributed by atoms with Gasteiger partial charge < -0.3 is 14.0 Å². The lowest BCUT2D eigenvalue weighted by atomic mass is 10.1. The number of imidazole rings is 1. The van der Waals surface area contributed by atoms with Gasteiger partial charge in [0.1, 0.15) is 5.52 Å². The van der Waals surface area contributed by atoms with E-state index in [2.05, 4.69) is 9.97 Å². The van der Waals surface area contributed by atoms with E-state index in [1.54, 1.807) is 48.8 Å². The van der Waals surface area contributed by atoms with Crippen LogP contribution in [-0.2, 0) is 6.54 Å². The highest BCUT2D eigenvalue weighted by atomic mass is 35.5. The average molecular weight is 457 g/mol. The van der Waals surface area contributed by atoms with Crippen LogP contribution >= 0.6 is 22.9 Å². The van der Waals surface area contributed by atoms with E-state index in [9.17, 15) is 4.79 Å². The van der Waals surface area contributed by atoms with Crippen LogP contribution in [0.2, 0.25) is 5.02 Å². The number of amides is 1. The first kappa shape index (κ1) is 21.1. The largest absolute Gasteiger partial charge is 0.493 e. The van der Waals surface area contributed by atoms with E-state index >= 15 is 0 Å². The fourth-order valence-electron chi connectivity index (χ4n) is 3.33. The lowest BCUT2D eigenvalue weighted by Crippen LogP contribution is -2.32. The number of aryl methyl sites for hydroxylation is 1. The number of nitrogens with zero attached hydrogens (tertiary/aromatic N) is 4. The van der Waals surface area contributed by atoms with Gasteiger partial charge in [0.25, 0.3) is 5.91 Å². The smallest absolute Gasteiger partial charge is 0.263 e.